The van der Waals surface area contributed by atoms with Crippen molar-refractivity contribution in [3.63, 3.8) is 0 Å². The Morgan fingerprint density at radius 3 is 3.00 bits per heavy atom. The first-order chi connectivity index (χ1) is 12.1. The lowest BCUT2D eigenvalue weighted by atomic mass is 10.1. The van der Waals surface area contributed by atoms with Gasteiger partial charge in [0.2, 0.25) is 5.01 Å². The van der Waals surface area contributed by atoms with Crippen LogP contribution in [0.2, 0.25) is 5.02 Å². The quantitative estimate of drug-likeness (QED) is 0.733. The van der Waals surface area contributed by atoms with Crippen LogP contribution >= 0.6 is 22.9 Å². The third-order valence-corrected chi connectivity index (χ3v) is 5.79. The first kappa shape index (κ1) is 16.4. The summed E-state index contributed by atoms with van der Waals surface area (Å²) in [7, 11) is 2.09. The monoisotopic (exact) mass is 376 g/mol. The van der Waals surface area contributed by atoms with Gasteiger partial charge in [0.05, 0.1) is 10.6 Å². The Balaban J connectivity index is 1.53. The number of aromatic nitrogens is 4. The number of H-pyrrole nitrogens is 1. The number of fused-ring (bicyclic) bond motifs is 1. The minimum absolute atomic E-state index is 0.176. The van der Waals surface area contributed by atoms with Gasteiger partial charge < -0.3 is 15.2 Å². The fourth-order valence-corrected chi connectivity index (χ4v) is 4.06. The van der Waals surface area contributed by atoms with E-state index in [0.29, 0.717) is 20.6 Å². The fourth-order valence-electron chi connectivity index (χ4n) is 2.95. The van der Waals surface area contributed by atoms with Crippen LogP contribution in [-0.4, -0.2) is 57.2 Å². The molecule has 1 saturated heterocycles. The summed E-state index contributed by atoms with van der Waals surface area (Å²) in [5.74, 6) is -0.176. The average Bonchev–Trinajstić information content (AvgIpc) is 3.26. The molecule has 9 heteroatoms. The normalized spacial score (nSPS) is 16.4. The topological polar surface area (TPSA) is 86.8 Å². The van der Waals surface area contributed by atoms with Gasteiger partial charge in [-0.2, -0.15) is 0 Å². The Kier molecular flexibility index (Phi) is 4.41. The van der Waals surface area contributed by atoms with E-state index in [1.165, 1.54) is 11.3 Å². The number of amides is 1. The predicted octanol–water partition coefficient (Wildman–Crippen LogP) is 2.56. The van der Waals surface area contributed by atoms with Crippen molar-refractivity contribution in [2.75, 3.05) is 20.1 Å². The van der Waals surface area contributed by atoms with E-state index in [1.54, 1.807) is 12.4 Å². The van der Waals surface area contributed by atoms with Crippen LogP contribution in [0.1, 0.15) is 22.6 Å². The van der Waals surface area contributed by atoms with Crippen LogP contribution in [-0.2, 0) is 0 Å². The summed E-state index contributed by atoms with van der Waals surface area (Å²) < 4.78 is 0. The molecule has 0 aliphatic carbocycles. The van der Waals surface area contributed by atoms with Gasteiger partial charge in [0.15, 0.2) is 5.01 Å². The van der Waals surface area contributed by atoms with Crippen LogP contribution in [0.15, 0.2) is 18.5 Å². The zero-order valence-corrected chi connectivity index (χ0v) is 15.2. The zero-order chi connectivity index (χ0) is 17.4. The lowest BCUT2D eigenvalue weighted by Gasteiger charge is -2.29. The summed E-state index contributed by atoms with van der Waals surface area (Å²) in [5, 5.41) is 13.5. The largest absolute Gasteiger partial charge is 0.347 e. The van der Waals surface area contributed by atoms with E-state index in [-0.39, 0.29) is 11.9 Å². The molecule has 0 bridgehead atoms. The maximum absolute atomic E-state index is 12.4. The number of pyridine rings is 1. The number of likely N-dealkylation sites (tertiary alicyclic amines) is 1. The molecule has 0 atom stereocenters. The molecule has 1 aliphatic heterocycles. The lowest BCUT2D eigenvalue weighted by Crippen LogP contribution is -2.43. The van der Waals surface area contributed by atoms with Crippen molar-refractivity contribution in [3.8, 4) is 10.6 Å². The molecule has 4 heterocycles. The number of hydrogen-bond donors (Lipinski definition) is 2. The number of piperidine rings is 1. The first-order valence-corrected chi connectivity index (χ1v) is 9.26. The van der Waals surface area contributed by atoms with E-state index in [1.807, 2.05) is 6.07 Å². The van der Waals surface area contributed by atoms with E-state index in [2.05, 4.69) is 37.4 Å². The number of aromatic amines is 1. The zero-order valence-electron chi connectivity index (χ0n) is 13.6. The molecular weight excluding hydrogens is 360 g/mol. The molecule has 25 heavy (non-hydrogen) atoms. The van der Waals surface area contributed by atoms with Crippen LogP contribution < -0.4 is 5.32 Å². The van der Waals surface area contributed by atoms with Crippen LogP contribution in [0.3, 0.4) is 0 Å². The molecule has 130 valence electrons. The third kappa shape index (κ3) is 3.24. The molecule has 0 unspecified atom stereocenters. The van der Waals surface area contributed by atoms with Gasteiger partial charge >= 0.3 is 0 Å². The van der Waals surface area contributed by atoms with Gasteiger partial charge in [0.1, 0.15) is 5.65 Å². The molecule has 2 N–H and O–H groups in total. The molecule has 3 aromatic heterocycles. The van der Waals surface area contributed by atoms with Crippen LogP contribution in [0, 0.1) is 0 Å². The summed E-state index contributed by atoms with van der Waals surface area (Å²) >= 11 is 7.68. The van der Waals surface area contributed by atoms with Crippen molar-refractivity contribution in [1.82, 2.24) is 30.4 Å². The number of carbonyl (C=O) groups is 1. The molecule has 4 rings (SSSR count). The summed E-state index contributed by atoms with van der Waals surface area (Å²) in [6.45, 7) is 1.98. The number of nitrogens with zero attached hydrogens (tertiary/aromatic N) is 4. The molecule has 0 spiro atoms. The highest BCUT2D eigenvalue weighted by Gasteiger charge is 2.22. The van der Waals surface area contributed by atoms with Crippen molar-refractivity contribution in [2.24, 2.45) is 0 Å². The summed E-state index contributed by atoms with van der Waals surface area (Å²) in [6.07, 6.45) is 5.34. The van der Waals surface area contributed by atoms with Crippen molar-refractivity contribution in [1.29, 1.82) is 0 Å². The van der Waals surface area contributed by atoms with Crippen molar-refractivity contribution in [2.45, 2.75) is 18.9 Å². The highest BCUT2D eigenvalue weighted by atomic mass is 35.5. The van der Waals surface area contributed by atoms with Crippen molar-refractivity contribution >= 4 is 39.9 Å². The molecule has 0 aromatic carbocycles. The number of nitrogens with one attached hydrogen (secondary N) is 2. The highest BCUT2D eigenvalue weighted by Crippen LogP contribution is 2.34. The van der Waals surface area contributed by atoms with Crippen LogP contribution in [0.4, 0.5) is 0 Å². The summed E-state index contributed by atoms with van der Waals surface area (Å²) in [5.41, 5.74) is 1.41. The van der Waals surface area contributed by atoms with Gasteiger partial charge in [-0.3, -0.25) is 4.79 Å². The van der Waals surface area contributed by atoms with E-state index >= 15 is 0 Å². The highest BCUT2D eigenvalue weighted by molar-refractivity contribution is 7.16. The Bertz CT molecular complexity index is 914. The number of halogens is 1. The van der Waals surface area contributed by atoms with Crippen molar-refractivity contribution in [3.05, 3.63) is 28.5 Å². The summed E-state index contributed by atoms with van der Waals surface area (Å²) in [4.78, 5) is 22.0. The minimum Gasteiger partial charge on any atom is -0.347 e. The van der Waals surface area contributed by atoms with Gasteiger partial charge in [-0.15, -0.1) is 10.2 Å². The van der Waals surface area contributed by atoms with Gasteiger partial charge in [-0.05, 0) is 39.0 Å². The Morgan fingerprint density at radius 2 is 2.20 bits per heavy atom. The van der Waals surface area contributed by atoms with E-state index < -0.39 is 0 Å². The lowest BCUT2D eigenvalue weighted by molar-refractivity contribution is 0.0916. The van der Waals surface area contributed by atoms with Crippen LogP contribution in [0.25, 0.3) is 21.6 Å². The standard InChI is InChI=1S/C16H17ClN6OS/c1-23-6-3-9(4-7-23)20-14(24)16-22-21-15(25-16)11-8-19-13-10(12(11)17)2-5-18-13/h2,5,8-9H,3-4,6-7H2,1H3,(H,18,19)(H,20,24). The minimum atomic E-state index is -0.176. The number of rotatable bonds is 3. The average molecular weight is 377 g/mol. The molecule has 3 aromatic rings. The third-order valence-electron chi connectivity index (χ3n) is 4.42. The number of hydrogen-bond acceptors (Lipinski definition) is 6. The molecule has 0 radical (unpaired) electrons. The second-order valence-electron chi connectivity index (χ2n) is 6.19. The van der Waals surface area contributed by atoms with Crippen molar-refractivity contribution < 1.29 is 4.79 Å². The second kappa shape index (κ2) is 6.70. The van der Waals surface area contributed by atoms with Gasteiger partial charge in [0.25, 0.3) is 5.91 Å². The Labute approximate surface area is 153 Å². The molecule has 1 amide bonds. The van der Waals surface area contributed by atoms with Gasteiger partial charge in [-0.25, -0.2) is 4.98 Å². The maximum atomic E-state index is 12.4. The molecule has 1 aliphatic rings. The number of carbonyl (C=O) groups excluding carboxylic acids is 1. The Hall–Kier alpha value is -2.03. The summed E-state index contributed by atoms with van der Waals surface area (Å²) in [6, 6.07) is 2.06. The predicted molar refractivity (Wildman–Crippen MR) is 98.0 cm³/mol. The van der Waals surface area contributed by atoms with Gasteiger partial charge in [0, 0.05) is 23.8 Å². The van der Waals surface area contributed by atoms with Gasteiger partial charge in [-0.1, -0.05) is 22.9 Å². The smallest absolute Gasteiger partial charge is 0.282 e. The SMILES string of the molecule is CN1CCC(NC(=O)c2nnc(-c3cnc4[nH]ccc4c3Cl)s2)CC1. The van der Waals surface area contributed by atoms with Crippen LogP contribution in [0.5, 0.6) is 0 Å². The molecule has 0 saturated carbocycles. The molecule has 7 nitrogen and oxygen atoms in total. The van der Waals surface area contributed by atoms with E-state index in [0.717, 1.165) is 37.0 Å². The first-order valence-electron chi connectivity index (χ1n) is 8.06. The second-order valence-corrected chi connectivity index (χ2v) is 7.54. The maximum Gasteiger partial charge on any atom is 0.282 e. The molecule has 1 fully saturated rings. The molecular formula is C16H17ClN6OS. The van der Waals surface area contributed by atoms with E-state index in [4.69, 9.17) is 11.6 Å². The van der Waals surface area contributed by atoms with E-state index in [9.17, 15) is 4.79 Å². The fraction of sp³-hybridized carbons (Fsp3) is 0.375. The Morgan fingerprint density at radius 1 is 1.40 bits per heavy atom.